The number of sulfonamides is 1. The third-order valence-electron chi connectivity index (χ3n) is 2.39. The highest BCUT2D eigenvalue weighted by Crippen LogP contribution is 2.21. The summed E-state index contributed by atoms with van der Waals surface area (Å²) in [4.78, 5) is 0.0217. The van der Waals surface area contributed by atoms with Crippen molar-refractivity contribution in [1.29, 1.82) is 0 Å². The summed E-state index contributed by atoms with van der Waals surface area (Å²) < 4.78 is 49.5. The summed E-state index contributed by atoms with van der Waals surface area (Å²) in [6.45, 7) is 1.95. The zero-order valence-corrected chi connectivity index (χ0v) is 12.4. The Balaban J connectivity index is 2.66. The third kappa shape index (κ3) is 5.58. The molecule has 0 aliphatic heterocycles. The van der Waals surface area contributed by atoms with Crippen LogP contribution in [0.25, 0.3) is 0 Å². The predicted octanol–water partition coefficient (Wildman–Crippen LogP) is 0.456. The minimum absolute atomic E-state index is 0.0217. The second kappa shape index (κ2) is 5.89. The van der Waals surface area contributed by atoms with Crippen LogP contribution in [0, 0.1) is 6.92 Å². The molecular formula is C11H17NO5S2. The first-order valence-electron chi connectivity index (χ1n) is 5.53. The number of hydrogen-bond donors (Lipinski definition) is 1. The highest BCUT2D eigenvalue weighted by molar-refractivity contribution is 7.90. The van der Waals surface area contributed by atoms with Crippen molar-refractivity contribution in [3.63, 3.8) is 0 Å². The molecule has 0 fully saturated rings. The minimum Gasteiger partial charge on any atom is -0.493 e. The van der Waals surface area contributed by atoms with E-state index in [-0.39, 0.29) is 17.3 Å². The quantitative estimate of drug-likeness (QED) is 0.769. The molecule has 108 valence electrons. The zero-order valence-electron chi connectivity index (χ0n) is 10.8. The molecule has 0 saturated heterocycles. The molecule has 1 rings (SSSR count). The molecule has 0 amide bonds. The first-order valence-corrected chi connectivity index (χ1v) is 9.14. The Kier molecular flexibility index (Phi) is 4.94. The fourth-order valence-corrected chi connectivity index (χ4v) is 2.71. The number of hydrogen-bond acceptors (Lipinski definition) is 5. The van der Waals surface area contributed by atoms with E-state index in [0.717, 1.165) is 0 Å². The Hall–Kier alpha value is -1.12. The number of primary sulfonamides is 1. The molecule has 19 heavy (non-hydrogen) atoms. The van der Waals surface area contributed by atoms with Crippen LogP contribution in [0.1, 0.15) is 12.0 Å². The van der Waals surface area contributed by atoms with Crippen molar-refractivity contribution in [3.8, 4) is 5.75 Å². The highest BCUT2D eigenvalue weighted by Gasteiger charge is 2.10. The largest absolute Gasteiger partial charge is 0.493 e. The van der Waals surface area contributed by atoms with Gasteiger partial charge < -0.3 is 4.74 Å². The lowest BCUT2D eigenvalue weighted by molar-refractivity contribution is 0.315. The third-order valence-corrected chi connectivity index (χ3v) is 4.33. The number of benzene rings is 1. The van der Waals surface area contributed by atoms with Gasteiger partial charge in [0.05, 0.1) is 17.3 Å². The van der Waals surface area contributed by atoms with Crippen LogP contribution in [-0.2, 0) is 19.9 Å². The molecule has 0 aliphatic rings. The van der Waals surface area contributed by atoms with Gasteiger partial charge in [-0.3, -0.25) is 0 Å². The first kappa shape index (κ1) is 15.9. The van der Waals surface area contributed by atoms with E-state index in [2.05, 4.69) is 0 Å². The normalized spacial score (nSPS) is 12.4. The molecule has 0 saturated carbocycles. The zero-order chi connectivity index (χ0) is 14.7. The van der Waals surface area contributed by atoms with Gasteiger partial charge in [0.2, 0.25) is 10.0 Å². The minimum atomic E-state index is -3.72. The van der Waals surface area contributed by atoms with E-state index >= 15 is 0 Å². The summed E-state index contributed by atoms with van der Waals surface area (Å²) in [5.74, 6) is 0.572. The van der Waals surface area contributed by atoms with E-state index in [1.165, 1.54) is 24.5 Å². The monoisotopic (exact) mass is 307 g/mol. The van der Waals surface area contributed by atoms with Gasteiger partial charge in [-0.05, 0) is 37.1 Å². The Labute approximate surface area is 113 Å². The molecule has 0 aliphatic carbocycles. The van der Waals surface area contributed by atoms with Crippen molar-refractivity contribution in [1.82, 2.24) is 0 Å². The second-order valence-electron chi connectivity index (χ2n) is 4.30. The number of sulfone groups is 1. The summed E-state index contributed by atoms with van der Waals surface area (Å²) in [6, 6.07) is 4.28. The standard InChI is InChI=1S/C11H17NO5S2/c1-9-8-10(19(12,15)16)4-5-11(9)17-6-3-7-18(2,13)14/h4-5,8H,3,6-7H2,1-2H3,(H2,12,15,16). The van der Waals surface area contributed by atoms with Gasteiger partial charge in [-0.1, -0.05) is 0 Å². The Bertz CT molecular complexity index is 650. The van der Waals surface area contributed by atoms with Gasteiger partial charge in [0, 0.05) is 6.26 Å². The molecule has 0 unspecified atom stereocenters. The van der Waals surface area contributed by atoms with Gasteiger partial charge in [0.25, 0.3) is 0 Å². The van der Waals surface area contributed by atoms with Crippen molar-refractivity contribution < 1.29 is 21.6 Å². The van der Waals surface area contributed by atoms with Crippen LogP contribution >= 0.6 is 0 Å². The van der Waals surface area contributed by atoms with E-state index in [0.29, 0.717) is 17.7 Å². The fourth-order valence-electron chi connectivity index (χ4n) is 1.46. The summed E-state index contributed by atoms with van der Waals surface area (Å²) in [6.07, 6.45) is 1.55. The number of ether oxygens (including phenoxy) is 1. The molecule has 6 nitrogen and oxygen atoms in total. The fraction of sp³-hybridized carbons (Fsp3) is 0.455. The first-order chi connectivity index (χ1) is 8.59. The molecule has 0 atom stereocenters. The SMILES string of the molecule is Cc1cc(S(N)(=O)=O)ccc1OCCCS(C)(=O)=O. The van der Waals surface area contributed by atoms with E-state index in [9.17, 15) is 16.8 Å². The Morgan fingerprint density at radius 1 is 1.21 bits per heavy atom. The maximum atomic E-state index is 11.1. The van der Waals surface area contributed by atoms with Crippen LogP contribution in [0.15, 0.2) is 23.1 Å². The van der Waals surface area contributed by atoms with Crippen molar-refractivity contribution in [2.45, 2.75) is 18.2 Å². The van der Waals surface area contributed by atoms with Gasteiger partial charge >= 0.3 is 0 Å². The van der Waals surface area contributed by atoms with Gasteiger partial charge in [0.15, 0.2) is 0 Å². The van der Waals surface area contributed by atoms with Crippen LogP contribution in [0.4, 0.5) is 0 Å². The second-order valence-corrected chi connectivity index (χ2v) is 8.13. The van der Waals surface area contributed by atoms with Gasteiger partial charge in [-0.25, -0.2) is 22.0 Å². The van der Waals surface area contributed by atoms with Crippen molar-refractivity contribution >= 4 is 19.9 Å². The van der Waals surface area contributed by atoms with Crippen LogP contribution in [0.5, 0.6) is 5.75 Å². The number of aryl methyl sites for hydroxylation is 1. The molecule has 1 aromatic rings. The average Bonchev–Trinajstić information content (AvgIpc) is 2.23. The van der Waals surface area contributed by atoms with Gasteiger partial charge in [0.1, 0.15) is 15.6 Å². The summed E-state index contributed by atoms with van der Waals surface area (Å²) >= 11 is 0. The van der Waals surface area contributed by atoms with Crippen LogP contribution in [0.3, 0.4) is 0 Å². The van der Waals surface area contributed by atoms with E-state index in [1.807, 2.05) is 0 Å². The lowest BCUT2D eigenvalue weighted by Crippen LogP contribution is -2.12. The molecule has 8 heteroatoms. The maximum Gasteiger partial charge on any atom is 0.238 e. The molecule has 0 heterocycles. The van der Waals surface area contributed by atoms with E-state index in [1.54, 1.807) is 6.92 Å². The topological polar surface area (TPSA) is 104 Å². The molecule has 0 radical (unpaired) electrons. The van der Waals surface area contributed by atoms with Gasteiger partial charge in [-0.15, -0.1) is 0 Å². The van der Waals surface area contributed by atoms with Gasteiger partial charge in [-0.2, -0.15) is 0 Å². The van der Waals surface area contributed by atoms with Crippen LogP contribution in [-0.4, -0.2) is 35.5 Å². The number of nitrogens with two attached hydrogens (primary N) is 1. The predicted molar refractivity (Wildman–Crippen MR) is 72.4 cm³/mol. The lowest BCUT2D eigenvalue weighted by Gasteiger charge is -2.09. The summed E-state index contributed by atoms with van der Waals surface area (Å²) in [5.41, 5.74) is 0.630. The molecular weight excluding hydrogens is 290 g/mol. The van der Waals surface area contributed by atoms with Crippen molar-refractivity contribution in [2.75, 3.05) is 18.6 Å². The lowest BCUT2D eigenvalue weighted by atomic mass is 10.2. The van der Waals surface area contributed by atoms with Crippen molar-refractivity contribution in [3.05, 3.63) is 23.8 Å². The summed E-state index contributed by atoms with van der Waals surface area (Å²) in [7, 11) is -6.71. The highest BCUT2D eigenvalue weighted by atomic mass is 32.2. The summed E-state index contributed by atoms with van der Waals surface area (Å²) in [5, 5.41) is 5.01. The molecule has 0 aromatic heterocycles. The molecule has 2 N–H and O–H groups in total. The molecule has 0 bridgehead atoms. The van der Waals surface area contributed by atoms with E-state index in [4.69, 9.17) is 9.88 Å². The molecule has 1 aromatic carbocycles. The number of rotatable bonds is 6. The Morgan fingerprint density at radius 2 is 1.84 bits per heavy atom. The smallest absolute Gasteiger partial charge is 0.238 e. The van der Waals surface area contributed by atoms with E-state index < -0.39 is 19.9 Å². The Morgan fingerprint density at radius 3 is 2.32 bits per heavy atom. The van der Waals surface area contributed by atoms with Crippen LogP contribution < -0.4 is 9.88 Å². The van der Waals surface area contributed by atoms with Crippen molar-refractivity contribution in [2.24, 2.45) is 5.14 Å². The average molecular weight is 307 g/mol. The maximum absolute atomic E-state index is 11.1. The molecule has 0 spiro atoms. The van der Waals surface area contributed by atoms with Crippen LogP contribution in [0.2, 0.25) is 0 Å².